The third-order valence-corrected chi connectivity index (χ3v) is 4.14. The van der Waals surface area contributed by atoms with E-state index in [1.54, 1.807) is 0 Å². The molecule has 2 aromatic rings. The van der Waals surface area contributed by atoms with E-state index in [-0.39, 0.29) is 0 Å². The summed E-state index contributed by atoms with van der Waals surface area (Å²) in [5.74, 6) is 0.439. The highest BCUT2D eigenvalue weighted by Gasteiger charge is 2.18. The van der Waals surface area contributed by atoms with Crippen molar-refractivity contribution in [1.29, 1.82) is 0 Å². The molecule has 1 heteroatoms. The predicted molar refractivity (Wildman–Crippen MR) is 96.0 cm³/mol. The summed E-state index contributed by atoms with van der Waals surface area (Å²) in [4.78, 5) is 4.65. The molecular weight excluding hydrogens is 266 g/mol. The second kappa shape index (κ2) is 6.15. The highest BCUT2D eigenvalue weighted by molar-refractivity contribution is 6.07. The largest absolute Gasteiger partial charge is 0.261 e. The van der Waals surface area contributed by atoms with Crippen molar-refractivity contribution in [1.82, 2.24) is 0 Å². The van der Waals surface area contributed by atoms with Gasteiger partial charge in [0.15, 0.2) is 0 Å². The number of hydrogen-bond donors (Lipinski definition) is 0. The van der Waals surface area contributed by atoms with Crippen molar-refractivity contribution >= 4 is 11.3 Å². The minimum absolute atomic E-state index is 0.439. The fraction of sp³-hybridized carbons (Fsp3) is 0.190. The number of benzene rings is 2. The molecule has 1 aliphatic heterocycles. The Morgan fingerprint density at radius 2 is 1.86 bits per heavy atom. The van der Waals surface area contributed by atoms with Crippen LogP contribution in [-0.2, 0) is 0 Å². The zero-order chi connectivity index (χ0) is 15.5. The van der Waals surface area contributed by atoms with Crippen molar-refractivity contribution in [2.45, 2.75) is 20.3 Å². The average Bonchev–Trinajstić information content (AvgIpc) is 2.55. The summed E-state index contributed by atoms with van der Waals surface area (Å²) in [7, 11) is 0. The maximum Gasteiger partial charge on any atom is 0.0513 e. The summed E-state index contributed by atoms with van der Waals surface area (Å²) in [6, 6.07) is 17.1. The molecule has 1 aliphatic rings. The summed E-state index contributed by atoms with van der Waals surface area (Å²) in [5, 5.41) is 0. The molecule has 3 rings (SSSR count). The van der Waals surface area contributed by atoms with Crippen molar-refractivity contribution in [3.63, 3.8) is 0 Å². The highest BCUT2D eigenvalue weighted by Crippen LogP contribution is 2.29. The molecule has 0 aromatic heterocycles. The Bertz CT molecular complexity index is 751. The first-order chi connectivity index (χ1) is 10.7. The van der Waals surface area contributed by atoms with Crippen LogP contribution in [0.3, 0.4) is 0 Å². The van der Waals surface area contributed by atoms with Gasteiger partial charge in [-0.2, -0.15) is 0 Å². The lowest BCUT2D eigenvalue weighted by molar-refractivity contribution is 0.777. The van der Waals surface area contributed by atoms with Crippen molar-refractivity contribution < 1.29 is 0 Å². The van der Waals surface area contributed by atoms with Crippen LogP contribution in [0.15, 0.2) is 72.4 Å². The second-order valence-electron chi connectivity index (χ2n) is 5.94. The van der Waals surface area contributed by atoms with Gasteiger partial charge in [0.05, 0.1) is 5.71 Å². The van der Waals surface area contributed by atoms with E-state index in [0.29, 0.717) is 5.92 Å². The Hall–Kier alpha value is -2.41. The summed E-state index contributed by atoms with van der Waals surface area (Å²) in [5.41, 5.74) is 7.12. The number of rotatable bonds is 3. The molecule has 0 spiro atoms. The van der Waals surface area contributed by atoms with Crippen LogP contribution in [-0.4, -0.2) is 5.71 Å². The topological polar surface area (TPSA) is 12.4 Å². The van der Waals surface area contributed by atoms with Crippen LogP contribution in [0.2, 0.25) is 0 Å². The van der Waals surface area contributed by atoms with Gasteiger partial charge in [-0.15, -0.1) is 0 Å². The van der Waals surface area contributed by atoms with E-state index in [0.717, 1.165) is 12.0 Å². The standard InChI is InChI=1S/C21H21N/c1-15(2)19-12-11-18(17-9-5-4-6-10-17)14-20(19)21-16(3)8-7-13-22-21/h4-7,9-14,16H,1,8H2,2-3H3. The number of allylic oxidation sites excluding steroid dienone is 2. The Morgan fingerprint density at radius 3 is 2.55 bits per heavy atom. The molecule has 1 heterocycles. The third kappa shape index (κ3) is 2.80. The van der Waals surface area contributed by atoms with Crippen LogP contribution in [0, 0.1) is 5.92 Å². The van der Waals surface area contributed by atoms with E-state index >= 15 is 0 Å². The molecule has 0 N–H and O–H groups in total. The summed E-state index contributed by atoms with van der Waals surface area (Å²) in [6.45, 7) is 8.43. The van der Waals surface area contributed by atoms with Crippen molar-refractivity contribution in [3.8, 4) is 11.1 Å². The minimum Gasteiger partial charge on any atom is -0.261 e. The summed E-state index contributed by atoms with van der Waals surface area (Å²) < 4.78 is 0. The van der Waals surface area contributed by atoms with Crippen LogP contribution < -0.4 is 0 Å². The SMILES string of the molecule is C=C(C)c1ccc(-c2ccccc2)cc1C1=NC=CCC1C. The van der Waals surface area contributed by atoms with E-state index in [4.69, 9.17) is 0 Å². The molecule has 1 nitrogen and oxygen atoms in total. The monoisotopic (exact) mass is 287 g/mol. The first-order valence-corrected chi connectivity index (χ1v) is 7.75. The first-order valence-electron chi connectivity index (χ1n) is 7.75. The predicted octanol–water partition coefficient (Wildman–Crippen LogP) is 5.73. The van der Waals surface area contributed by atoms with Crippen LogP contribution in [0.4, 0.5) is 0 Å². The zero-order valence-electron chi connectivity index (χ0n) is 13.2. The Balaban J connectivity index is 2.15. The summed E-state index contributed by atoms with van der Waals surface area (Å²) in [6.07, 6.45) is 5.10. The molecule has 1 atom stereocenters. The van der Waals surface area contributed by atoms with E-state index in [1.807, 2.05) is 12.3 Å². The lowest BCUT2D eigenvalue weighted by Gasteiger charge is -2.20. The van der Waals surface area contributed by atoms with Gasteiger partial charge in [0.1, 0.15) is 0 Å². The zero-order valence-corrected chi connectivity index (χ0v) is 13.2. The van der Waals surface area contributed by atoms with Crippen LogP contribution in [0.25, 0.3) is 16.7 Å². The van der Waals surface area contributed by atoms with Crippen LogP contribution in [0.5, 0.6) is 0 Å². The van der Waals surface area contributed by atoms with Crippen molar-refractivity contribution in [2.24, 2.45) is 10.9 Å². The van der Waals surface area contributed by atoms with Gasteiger partial charge in [-0.05, 0) is 36.1 Å². The summed E-state index contributed by atoms with van der Waals surface area (Å²) >= 11 is 0. The normalized spacial score (nSPS) is 17.2. The van der Waals surface area contributed by atoms with Gasteiger partial charge >= 0.3 is 0 Å². The third-order valence-electron chi connectivity index (χ3n) is 4.14. The van der Waals surface area contributed by atoms with Crippen LogP contribution >= 0.6 is 0 Å². The van der Waals surface area contributed by atoms with Gasteiger partial charge in [-0.25, -0.2) is 0 Å². The lowest BCUT2D eigenvalue weighted by atomic mass is 9.87. The molecule has 0 bridgehead atoms. The van der Waals surface area contributed by atoms with Gasteiger partial charge in [-0.1, -0.05) is 67.6 Å². The lowest BCUT2D eigenvalue weighted by Crippen LogP contribution is -2.16. The van der Waals surface area contributed by atoms with Gasteiger partial charge in [0.2, 0.25) is 0 Å². The number of aliphatic imine (C=N–C) groups is 1. The molecular formula is C21H21N. The second-order valence-corrected chi connectivity index (χ2v) is 5.94. The van der Waals surface area contributed by atoms with Gasteiger partial charge in [0.25, 0.3) is 0 Å². The molecule has 1 unspecified atom stereocenters. The molecule has 0 saturated heterocycles. The molecule has 0 radical (unpaired) electrons. The minimum atomic E-state index is 0.439. The highest BCUT2D eigenvalue weighted by atomic mass is 14.7. The molecule has 0 amide bonds. The van der Waals surface area contributed by atoms with E-state index < -0.39 is 0 Å². The van der Waals surface area contributed by atoms with Gasteiger partial charge < -0.3 is 0 Å². The molecule has 0 aliphatic carbocycles. The van der Waals surface area contributed by atoms with Crippen LogP contribution in [0.1, 0.15) is 31.4 Å². The molecule has 2 aromatic carbocycles. The number of hydrogen-bond acceptors (Lipinski definition) is 1. The smallest absolute Gasteiger partial charge is 0.0513 e. The van der Waals surface area contributed by atoms with Gasteiger partial charge in [0, 0.05) is 17.7 Å². The number of nitrogens with zero attached hydrogens (tertiary/aromatic N) is 1. The Morgan fingerprint density at radius 1 is 1.09 bits per heavy atom. The molecule has 0 saturated carbocycles. The average molecular weight is 287 g/mol. The first kappa shape index (κ1) is 14.5. The molecule has 0 fully saturated rings. The molecule has 22 heavy (non-hydrogen) atoms. The van der Waals surface area contributed by atoms with E-state index in [2.05, 4.69) is 74.0 Å². The molecule has 110 valence electrons. The van der Waals surface area contributed by atoms with E-state index in [1.165, 1.54) is 28.0 Å². The Labute approximate surface area is 132 Å². The maximum absolute atomic E-state index is 4.65. The van der Waals surface area contributed by atoms with Crippen molar-refractivity contribution in [2.75, 3.05) is 0 Å². The fourth-order valence-corrected chi connectivity index (χ4v) is 2.91. The van der Waals surface area contributed by atoms with Gasteiger partial charge in [-0.3, -0.25) is 4.99 Å². The van der Waals surface area contributed by atoms with E-state index in [9.17, 15) is 0 Å². The quantitative estimate of drug-likeness (QED) is 0.683. The maximum atomic E-state index is 4.65. The van der Waals surface area contributed by atoms with Crippen molar-refractivity contribution in [3.05, 3.63) is 78.5 Å². The Kier molecular flexibility index (Phi) is 4.06. The fourth-order valence-electron chi connectivity index (χ4n) is 2.91.